The van der Waals surface area contributed by atoms with E-state index in [0.717, 1.165) is 36.2 Å². The molecule has 1 aliphatic heterocycles. The third kappa shape index (κ3) is 4.92. The molecule has 1 atom stereocenters. The molecule has 0 radical (unpaired) electrons. The fourth-order valence-electron chi connectivity index (χ4n) is 4.93. The molecule has 4 N–H and O–H groups in total. The SMILES string of the molecule is BC(Nc1cc(Cl)c2ncc(C#N)c(Nc3c(F)ccc(Cl)c3F)c2c1)(C1=CN(C2CC2)NN1)c1cccc(C#N)c1. The van der Waals surface area contributed by atoms with E-state index in [9.17, 15) is 19.3 Å². The first kappa shape index (κ1) is 27.6. The Morgan fingerprint density at radius 2 is 1.86 bits per heavy atom. The van der Waals surface area contributed by atoms with E-state index < -0.39 is 22.8 Å². The van der Waals surface area contributed by atoms with E-state index in [1.807, 2.05) is 37.3 Å². The Hall–Kier alpha value is -4.55. The lowest BCUT2D eigenvalue weighted by molar-refractivity contribution is 0.260. The Balaban J connectivity index is 1.49. The van der Waals surface area contributed by atoms with Crippen LogP contribution < -0.4 is 21.6 Å². The molecule has 4 aromatic rings. The number of hydrazine groups is 2. The molecule has 0 saturated heterocycles. The Morgan fingerprint density at radius 3 is 2.60 bits per heavy atom. The van der Waals surface area contributed by atoms with Crippen LogP contribution in [0.15, 0.2) is 66.6 Å². The second-order valence-corrected chi connectivity index (χ2v) is 11.0. The minimum Gasteiger partial charge on any atom is -0.378 e. The molecule has 208 valence electrons. The summed E-state index contributed by atoms with van der Waals surface area (Å²) in [6.45, 7) is 0. The summed E-state index contributed by atoms with van der Waals surface area (Å²) in [6.07, 6.45) is 5.42. The van der Waals surface area contributed by atoms with Crippen LogP contribution in [0.5, 0.6) is 0 Å². The van der Waals surface area contributed by atoms with Gasteiger partial charge in [0.1, 0.15) is 25.4 Å². The number of halogens is 4. The Bertz CT molecular complexity index is 1870. The maximum atomic E-state index is 14.9. The molecule has 8 nitrogen and oxygen atoms in total. The van der Waals surface area contributed by atoms with Gasteiger partial charge in [0.25, 0.3) is 0 Å². The smallest absolute Gasteiger partial charge is 0.168 e. The van der Waals surface area contributed by atoms with Gasteiger partial charge in [0.2, 0.25) is 0 Å². The van der Waals surface area contributed by atoms with E-state index in [4.69, 9.17) is 23.2 Å². The predicted molar refractivity (Wildman–Crippen MR) is 160 cm³/mol. The molecule has 13 heteroatoms. The minimum atomic E-state index is -0.997. The molecule has 0 amide bonds. The molecule has 1 aromatic heterocycles. The van der Waals surface area contributed by atoms with Gasteiger partial charge < -0.3 is 16.1 Å². The number of pyridine rings is 1. The van der Waals surface area contributed by atoms with E-state index in [1.165, 1.54) is 6.20 Å². The second-order valence-electron chi connectivity index (χ2n) is 10.2. The quantitative estimate of drug-likeness (QED) is 0.162. The third-order valence-corrected chi connectivity index (χ3v) is 7.95. The van der Waals surface area contributed by atoms with Crippen molar-refractivity contribution in [1.29, 1.82) is 10.5 Å². The number of aromatic nitrogens is 1. The topological polar surface area (TPSA) is 112 Å². The number of rotatable bonds is 7. The summed E-state index contributed by atoms with van der Waals surface area (Å²) in [4.78, 5) is 4.34. The number of nitriles is 2. The van der Waals surface area contributed by atoms with Gasteiger partial charge in [0, 0.05) is 29.5 Å². The first-order valence-electron chi connectivity index (χ1n) is 13.0. The molecule has 2 heterocycles. The number of fused-ring (bicyclic) bond motifs is 1. The monoisotopic (exact) mass is 600 g/mol. The van der Waals surface area contributed by atoms with Gasteiger partial charge in [-0.25, -0.2) is 8.78 Å². The van der Waals surface area contributed by atoms with Crippen molar-refractivity contribution in [2.45, 2.75) is 24.3 Å². The Morgan fingerprint density at radius 1 is 1.05 bits per heavy atom. The average Bonchev–Trinajstić information content (AvgIpc) is 3.72. The highest BCUT2D eigenvalue weighted by Crippen LogP contribution is 2.40. The number of benzene rings is 3. The second kappa shape index (κ2) is 10.7. The van der Waals surface area contributed by atoms with Crippen molar-refractivity contribution < 1.29 is 8.78 Å². The molecule has 1 fully saturated rings. The van der Waals surface area contributed by atoms with E-state index in [0.29, 0.717) is 28.2 Å². The number of nitrogens with zero attached hydrogens (tertiary/aromatic N) is 4. The normalized spacial score (nSPS) is 15.8. The van der Waals surface area contributed by atoms with Crippen LogP contribution in [0, 0.1) is 34.3 Å². The third-order valence-electron chi connectivity index (χ3n) is 7.37. The van der Waals surface area contributed by atoms with Gasteiger partial charge >= 0.3 is 0 Å². The zero-order valence-electron chi connectivity index (χ0n) is 22.1. The van der Waals surface area contributed by atoms with E-state index >= 15 is 0 Å². The van der Waals surface area contributed by atoms with Crippen LogP contribution in [0.1, 0.15) is 29.5 Å². The van der Waals surface area contributed by atoms with Crippen LogP contribution in [0.25, 0.3) is 10.9 Å². The molecule has 0 bridgehead atoms. The summed E-state index contributed by atoms with van der Waals surface area (Å²) in [5.41, 5.74) is 8.09. The Labute approximate surface area is 250 Å². The maximum Gasteiger partial charge on any atom is 0.168 e. The molecule has 6 rings (SSSR count). The van der Waals surface area contributed by atoms with Gasteiger partial charge in [-0.15, -0.1) is 5.53 Å². The van der Waals surface area contributed by atoms with Crippen molar-refractivity contribution in [2.75, 3.05) is 10.6 Å². The van der Waals surface area contributed by atoms with Gasteiger partial charge in [-0.05, 0) is 54.8 Å². The fraction of sp³-hybridized carbons (Fsp3) is 0.138. The van der Waals surface area contributed by atoms with Crippen LogP contribution in [-0.4, -0.2) is 23.9 Å². The Kier molecular flexibility index (Phi) is 7.03. The van der Waals surface area contributed by atoms with Crippen LogP contribution in [0.2, 0.25) is 10.0 Å². The first-order chi connectivity index (χ1) is 20.2. The lowest BCUT2D eigenvalue weighted by Gasteiger charge is -2.34. The van der Waals surface area contributed by atoms with Crippen molar-refractivity contribution in [2.24, 2.45) is 0 Å². The lowest BCUT2D eigenvalue weighted by atomic mass is 9.69. The molecule has 1 unspecified atom stereocenters. The van der Waals surface area contributed by atoms with Crippen molar-refractivity contribution in [3.63, 3.8) is 0 Å². The summed E-state index contributed by atoms with van der Waals surface area (Å²) in [5, 5.41) is 28.0. The highest BCUT2D eigenvalue weighted by molar-refractivity contribution is 6.36. The molecule has 2 aliphatic rings. The average molecular weight is 601 g/mol. The molecule has 0 spiro atoms. The van der Waals surface area contributed by atoms with E-state index in [1.54, 1.807) is 24.3 Å². The van der Waals surface area contributed by atoms with E-state index in [-0.39, 0.29) is 21.3 Å². The van der Waals surface area contributed by atoms with Crippen LogP contribution in [-0.2, 0) is 5.44 Å². The minimum absolute atomic E-state index is 0.0448. The van der Waals surface area contributed by atoms with E-state index in [2.05, 4.69) is 32.6 Å². The number of anilines is 3. The van der Waals surface area contributed by atoms with Gasteiger partial charge in [-0.3, -0.25) is 9.99 Å². The number of hydrogen-bond donors (Lipinski definition) is 4. The summed E-state index contributed by atoms with van der Waals surface area (Å²) >= 11 is 12.6. The zero-order valence-corrected chi connectivity index (χ0v) is 23.6. The van der Waals surface area contributed by atoms with Gasteiger partial charge in [0.05, 0.1) is 49.6 Å². The van der Waals surface area contributed by atoms with Gasteiger partial charge in [-0.2, -0.15) is 10.5 Å². The van der Waals surface area contributed by atoms with Crippen molar-refractivity contribution in [3.05, 3.63) is 105 Å². The van der Waals surface area contributed by atoms with Crippen LogP contribution >= 0.6 is 23.2 Å². The van der Waals surface area contributed by atoms with Crippen molar-refractivity contribution in [1.82, 2.24) is 21.0 Å². The highest BCUT2D eigenvalue weighted by Gasteiger charge is 2.38. The van der Waals surface area contributed by atoms with Gasteiger partial charge in [-0.1, -0.05) is 35.3 Å². The van der Waals surface area contributed by atoms with Gasteiger partial charge in [0.15, 0.2) is 5.82 Å². The first-order valence-corrected chi connectivity index (χ1v) is 13.7. The lowest BCUT2D eigenvalue weighted by Crippen LogP contribution is -2.45. The van der Waals surface area contributed by atoms with Crippen molar-refractivity contribution in [3.8, 4) is 12.1 Å². The molecule has 1 aliphatic carbocycles. The molecule has 1 saturated carbocycles. The zero-order chi connectivity index (χ0) is 29.6. The fourth-order valence-corrected chi connectivity index (χ4v) is 5.36. The summed E-state index contributed by atoms with van der Waals surface area (Å²) in [7, 11) is 1.96. The maximum absolute atomic E-state index is 14.9. The molecule has 42 heavy (non-hydrogen) atoms. The summed E-state index contributed by atoms with van der Waals surface area (Å²) in [5.74, 6) is -1.88. The van der Waals surface area contributed by atoms with Crippen molar-refractivity contribution >= 4 is 59.0 Å². The number of nitrogens with one attached hydrogen (secondary N) is 4. The number of hydrogen-bond acceptors (Lipinski definition) is 8. The molecular formula is C29H21BCl2F2N8. The van der Waals surface area contributed by atoms with Crippen LogP contribution in [0.3, 0.4) is 0 Å². The molecular weight excluding hydrogens is 580 g/mol. The standard InChI is InChI=1S/C29H21BCl2F2N8/c30-29(17-3-1-2-15(8-17)11-35,24-14-42(41-40-24)19-4-5-19)39-18-9-20-26(16(12-36)13-37-27(20)22(32)10-18)38-28-23(33)7-6-21(31)25(28)34/h1-3,6-10,13-14,19,39-41H,4-5,30H2,(H,37,38). The largest absolute Gasteiger partial charge is 0.378 e. The summed E-state index contributed by atoms with van der Waals surface area (Å²) < 4.78 is 29.6. The predicted octanol–water partition coefficient (Wildman–Crippen LogP) is 5.53. The highest BCUT2D eigenvalue weighted by atomic mass is 35.5. The molecule has 3 aromatic carbocycles. The summed E-state index contributed by atoms with van der Waals surface area (Å²) in [6, 6.07) is 17.4. The van der Waals surface area contributed by atoms with Crippen LogP contribution in [0.4, 0.5) is 25.8 Å².